The molecule has 0 atom stereocenters. The first-order chi connectivity index (χ1) is 8.09. The molecule has 0 bridgehead atoms. The number of hydrogen-bond donors (Lipinski definition) is 0. The molecule has 0 fully saturated rings. The first-order valence-corrected chi connectivity index (χ1v) is 6.01. The van der Waals surface area contributed by atoms with Crippen LogP contribution in [0.25, 0.3) is 21.9 Å². The molecule has 0 saturated heterocycles. The van der Waals surface area contributed by atoms with E-state index in [1.54, 1.807) is 6.07 Å². The fourth-order valence-corrected chi connectivity index (χ4v) is 2.66. The van der Waals surface area contributed by atoms with E-state index in [-0.39, 0.29) is 20.4 Å². The summed E-state index contributed by atoms with van der Waals surface area (Å²) in [6, 6.07) is 1.67. The van der Waals surface area contributed by atoms with E-state index in [1.807, 2.05) is 0 Å². The van der Waals surface area contributed by atoms with Gasteiger partial charge in [0, 0.05) is 5.39 Å². The fraction of sp³-hybridized carbons (Fsp3) is 0. The highest BCUT2D eigenvalue weighted by atomic mass is 79.9. The molecule has 2 aromatic heterocycles. The molecule has 0 N–H and O–H groups in total. The van der Waals surface area contributed by atoms with Crippen LogP contribution in [0.5, 0.6) is 0 Å². The van der Waals surface area contributed by atoms with Gasteiger partial charge in [-0.1, -0.05) is 11.6 Å². The third-order valence-electron chi connectivity index (χ3n) is 2.37. The summed E-state index contributed by atoms with van der Waals surface area (Å²) in [4.78, 5) is 7.65. The number of benzene rings is 1. The fourth-order valence-electron chi connectivity index (χ4n) is 1.69. The third-order valence-corrected chi connectivity index (χ3v) is 3.52. The number of fused-ring (bicyclic) bond motifs is 3. The Bertz CT molecular complexity index is 759. The van der Waals surface area contributed by atoms with Gasteiger partial charge < -0.3 is 4.42 Å². The average Bonchev–Trinajstić information content (AvgIpc) is 2.73. The summed E-state index contributed by atoms with van der Waals surface area (Å²) in [6.07, 6.45) is 1.44. The van der Waals surface area contributed by atoms with Crippen molar-refractivity contribution in [2.45, 2.75) is 0 Å². The summed E-state index contributed by atoms with van der Waals surface area (Å²) in [6.45, 7) is 0. The van der Waals surface area contributed by atoms with E-state index in [0.29, 0.717) is 16.4 Å². The standard InChI is InChI=1S/C10H2BrCl2FN2O/c11-5-6(14)7-4(3-1-2-17-8(3)5)9(12)16-10(13)15-7/h1-2H. The minimum atomic E-state index is -0.575. The summed E-state index contributed by atoms with van der Waals surface area (Å²) >= 11 is 14.7. The number of furan rings is 1. The monoisotopic (exact) mass is 334 g/mol. The van der Waals surface area contributed by atoms with Crippen molar-refractivity contribution in [1.82, 2.24) is 9.97 Å². The Kier molecular flexibility index (Phi) is 2.50. The van der Waals surface area contributed by atoms with Crippen LogP contribution in [0.2, 0.25) is 10.4 Å². The second-order valence-electron chi connectivity index (χ2n) is 3.30. The van der Waals surface area contributed by atoms with Crippen molar-refractivity contribution in [3.05, 3.63) is 33.1 Å². The molecule has 2 heterocycles. The van der Waals surface area contributed by atoms with Gasteiger partial charge in [0.15, 0.2) is 11.4 Å². The highest BCUT2D eigenvalue weighted by Gasteiger charge is 2.19. The molecule has 86 valence electrons. The van der Waals surface area contributed by atoms with Crippen molar-refractivity contribution < 1.29 is 8.81 Å². The molecule has 0 radical (unpaired) electrons. The molecule has 1 aromatic carbocycles. The molecule has 3 aromatic rings. The van der Waals surface area contributed by atoms with E-state index < -0.39 is 5.82 Å². The third kappa shape index (κ3) is 1.53. The first-order valence-electron chi connectivity index (χ1n) is 4.46. The van der Waals surface area contributed by atoms with Gasteiger partial charge in [-0.2, -0.15) is 0 Å². The molecular formula is C10H2BrCl2FN2O. The maximum atomic E-state index is 14.1. The van der Waals surface area contributed by atoms with Gasteiger partial charge in [-0.15, -0.1) is 0 Å². The molecular weight excluding hydrogens is 334 g/mol. The molecule has 0 spiro atoms. The van der Waals surface area contributed by atoms with Crippen LogP contribution in [-0.2, 0) is 0 Å². The Labute approximate surface area is 113 Å². The van der Waals surface area contributed by atoms with Crippen LogP contribution in [0.1, 0.15) is 0 Å². The molecule has 0 aliphatic carbocycles. The lowest BCUT2D eigenvalue weighted by Crippen LogP contribution is -1.92. The summed E-state index contributed by atoms with van der Waals surface area (Å²) in [5, 5.41) is 1.02. The van der Waals surface area contributed by atoms with Gasteiger partial charge in [-0.25, -0.2) is 14.4 Å². The van der Waals surface area contributed by atoms with Crippen molar-refractivity contribution in [2.75, 3.05) is 0 Å². The van der Waals surface area contributed by atoms with Crippen molar-refractivity contribution in [3.63, 3.8) is 0 Å². The van der Waals surface area contributed by atoms with Crippen LogP contribution in [0.4, 0.5) is 4.39 Å². The van der Waals surface area contributed by atoms with E-state index in [9.17, 15) is 4.39 Å². The van der Waals surface area contributed by atoms with Crippen molar-refractivity contribution in [2.24, 2.45) is 0 Å². The van der Waals surface area contributed by atoms with E-state index in [2.05, 4.69) is 25.9 Å². The van der Waals surface area contributed by atoms with E-state index in [1.165, 1.54) is 6.26 Å². The Balaban J connectivity index is 2.70. The number of halogens is 4. The lowest BCUT2D eigenvalue weighted by molar-refractivity contribution is 0.596. The number of rotatable bonds is 0. The summed E-state index contributed by atoms with van der Waals surface area (Å²) in [7, 11) is 0. The molecule has 0 saturated carbocycles. The second kappa shape index (κ2) is 3.80. The average molecular weight is 336 g/mol. The van der Waals surface area contributed by atoms with Gasteiger partial charge in [0.25, 0.3) is 0 Å². The molecule has 17 heavy (non-hydrogen) atoms. The van der Waals surface area contributed by atoms with Crippen molar-refractivity contribution in [1.29, 1.82) is 0 Å². The molecule has 7 heteroatoms. The topological polar surface area (TPSA) is 38.9 Å². The zero-order chi connectivity index (χ0) is 12.2. The van der Waals surface area contributed by atoms with Gasteiger partial charge in [0.1, 0.15) is 10.7 Å². The van der Waals surface area contributed by atoms with Gasteiger partial charge in [-0.05, 0) is 33.6 Å². The minimum Gasteiger partial charge on any atom is -0.463 e. The van der Waals surface area contributed by atoms with Crippen LogP contribution in [0, 0.1) is 5.82 Å². The minimum absolute atomic E-state index is 0.0655. The van der Waals surface area contributed by atoms with Crippen molar-refractivity contribution >= 4 is 61.0 Å². The highest BCUT2D eigenvalue weighted by Crippen LogP contribution is 2.37. The summed E-state index contributed by atoms with van der Waals surface area (Å²) in [5.74, 6) is -0.575. The Morgan fingerprint density at radius 3 is 2.82 bits per heavy atom. The maximum Gasteiger partial charge on any atom is 0.224 e. The number of hydrogen-bond acceptors (Lipinski definition) is 3. The lowest BCUT2D eigenvalue weighted by atomic mass is 10.1. The molecule has 3 nitrogen and oxygen atoms in total. The van der Waals surface area contributed by atoms with E-state index >= 15 is 0 Å². The van der Waals surface area contributed by atoms with Crippen LogP contribution in [0.3, 0.4) is 0 Å². The smallest absolute Gasteiger partial charge is 0.224 e. The van der Waals surface area contributed by atoms with Crippen LogP contribution >= 0.6 is 39.1 Å². The Morgan fingerprint density at radius 2 is 2.06 bits per heavy atom. The summed E-state index contributed by atoms with van der Waals surface area (Å²) < 4.78 is 19.4. The highest BCUT2D eigenvalue weighted by molar-refractivity contribution is 9.10. The van der Waals surface area contributed by atoms with Gasteiger partial charge in [0.2, 0.25) is 5.28 Å². The van der Waals surface area contributed by atoms with Gasteiger partial charge >= 0.3 is 0 Å². The van der Waals surface area contributed by atoms with Crippen LogP contribution < -0.4 is 0 Å². The lowest BCUT2D eigenvalue weighted by Gasteiger charge is -2.04. The molecule has 3 rings (SSSR count). The normalized spacial score (nSPS) is 11.5. The largest absolute Gasteiger partial charge is 0.463 e. The molecule has 0 unspecified atom stereocenters. The zero-order valence-corrected chi connectivity index (χ0v) is 11.1. The van der Waals surface area contributed by atoms with E-state index in [0.717, 1.165) is 0 Å². The molecule has 0 aliphatic heterocycles. The maximum absolute atomic E-state index is 14.1. The second-order valence-corrected chi connectivity index (χ2v) is 4.79. The van der Waals surface area contributed by atoms with Crippen LogP contribution in [-0.4, -0.2) is 9.97 Å². The Hall–Kier alpha value is -0.910. The molecule has 0 amide bonds. The molecule has 0 aliphatic rings. The van der Waals surface area contributed by atoms with E-state index in [4.69, 9.17) is 27.6 Å². The summed E-state index contributed by atoms with van der Waals surface area (Å²) in [5.41, 5.74) is 0.429. The van der Waals surface area contributed by atoms with Crippen LogP contribution in [0.15, 0.2) is 21.2 Å². The quantitative estimate of drug-likeness (QED) is 0.445. The predicted octanol–water partition coefficient (Wildman–Crippen LogP) is 4.58. The number of nitrogens with zero attached hydrogens (tertiary/aromatic N) is 2. The number of aromatic nitrogens is 2. The SMILES string of the molecule is Fc1c(Br)c2occc2c2c(Cl)nc(Cl)nc12. The predicted molar refractivity (Wildman–Crippen MR) is 67.0 cm³/mol. The van der Waals surface area contributed by atoms with Crippen molar-refractivity contribution in [3.8, 4) is 0 Å². The van der Waals surface area contributed by atoms with Gasteiger partial charge in [0.05, 0.1) is 16.1 Å². The Morgan fingerprint density at radius 1 is 1.29 bits per heavy atom. The first kappa shape index (κ1) is 11.2. The zero-order valence-electron chi connectivity index (χ0n) is 7.97. The van der Waals surface area contributed by atoms with Gasteiger partial charge in [-0.3, -0.25) is 0 Å².